The van der Waals surface area contributed by atoms with Crippen molar-refractivity contribution in [2.24, 2.45) is 5.92 Å². The number of ether oxygens (including phenoxy) is 2. The minimum Gasteiger partial charge on any atom is -0.457 e. The molecule has 0 N–H and O–H groups in total. The second-order valence-electron chi connectivity index (χ2n) is 11.4. The molecular weight excluding hydrogens is 480 g/mol. The number of amides is 1. The van der Waals surface area contributed by atoms with Crippen molar-refractivity contribution in [3.63, 3.8) is 0 Å². The smallest absolute Gasteiger partial charge is 0.308 e. The summed E-state index contributed by atoms with van der Waals surface area (Å²) in [7, 11) is 1.88. The molecule has 3 fully saturated rings. The molecule has 1 heterocycles. The summed E-state index contributed by atoms with van der Waals surface area (Å²) in [6, 6.07) is 17.0. The molecule has 0 bridgehead atoms. The summed E-state index contributed by atoms with van der Waals surface area (Å²) in [5.41, 5.74) is 0.405. The fourth-order valence-electron chi connectivity index (χ4n) is 6.79. The molecule has 0 radical (unpaired) electrons. The lowest BCUT2D eigenvalue weighted by Crippen LogP contribution is -2.68. The number of carbonyl (C=O) groups excluding carboxylic acids is 3. The molecule has 2 aromatic carbocycles. The van der Waals surface area contributed by atoms with Crippen molar-refractivity contribution >= 4 is 17.8 Å². The molecule has 1 aliphatic heterocycles. The topological polar surface area (TPSA) is 76.2 Å². The second kappa shape index (κ2) is 10.5. The number of hydrogen-bond acceptors (Lipinski definition) is 6. The Morgan fingerprint density at radius 1 is 0.974 bits per heavy atom. The van der Waals surface area contributed by atoms with Gasteiger partial charge in [0.25, 0.3) is 5.91 Å². The summed E-state index contributed by atoms with van der Waals surface area (Å²) < 4.78 is 11.8. The van der Waals surface area contributed by atoms with Gasteiger partial charge in [0, 0.05) is 51.0 Å². The van der Waals surface area contributed by atoms with Gasteiger partial charge in [-0.05, 0) is 80.8 Å². The van der Waals surface area contributed by atoms with Gasteiger partial charge in [-0.2, -0.15) is 0 Å². The van der Waals surface area contributed by atoms with Gasteiger partial charge in [0.05, 0.1) is 0 Å². The molecule has 3 unspecified atom stereocenters. The Balaban J connectivity index is 1.54. The van der Waals surface area contributed by atoms with Crippen LogP contribution in [0.3, 0.4) is 0 Å². The highest BCUT2D eigenvalue weighted by molar-refractivity contribution is 5.94. The van der Waals surface area contributed by atoms with E-state index in [-0.39, 0.29) is 23.9 Å². The number of piperidine rings is 1. The lowest BCUT2D eigenvalue weighted by Gasteiger charge is -2.60. The van der Waals surface area contributed by atoms with Crippen LogP contribution >= 0.6 is 0 Å². The van der Waals surface area contributed by atoms with Gasteiger partial charge >= 0.3 is 11.9 Å². The SMILES string of the molecule is CC(=O)Oc1cccc(C23CCN(CC4CC4)CC2(OC(C)=O)CCC(N(C)C(=O)c2ccccc2)C3)c1. The Morgan fingerprint density at radius 2 is 1.74 bits per heavy atom. The average Bonchev–Trinajstić information content (AvgIpc) is 3.71. The fraction of sp³-hybridized carbons (Fsp3) is 0.516. The number of rotatable bonds is 7. The van der Waals surface area contributed by atoms with E-state index < -0.39 is 11.0 Å². The van der Waals surface area contributed by atoms with Crippen LogP contribution in [0.25, 0.3) is 0 Å². The molecule has 7 heteroatoms. The lowest BCUT2D eigenvalue weighted by molar-refractivity contribution is -0.188. The molecule has 38 heavy (non-hydrogen) atoms. The summed E-state index contributed by atoms with van der Waals surface area (Å²) >= 11 is 0. The van der Waals surface area contributed by atoms with Crippen LogP contribution in [0, 0.1) is 5.92 Å². The van der Waals surface area contributed by atoms with Crippen LogP contribution in [0.5, 0.6) is 5.75 Å². The number of fused-ring (bicyclic) bond motifs is 1. The number of hydrogen-bond donors (Lipinski definition) is 0. The van der Waals surface area contributed by atoms with Gasteiger partial charge in [0.15, 0.2) is 0 Å². The van der Waals surface area contributed by atoms with E-state index >= 15 is 0 Å². The Hall–Kier alpha value is -3.19. The van der Waals surface area contributed by atoms with Crippen LogP contribution < -0.4 is 4.74 Å². The van der Waals surface area contributed by atoms with Crippen molar-refractivity contribution in [1.82, 2.24) is 9.80 Å². The molecule has 1 saturated heterocycles. The first-order chi connectivity index (χ1) is 18.2. The predicted octanol–water partition coefficient (Wildman–Crippen LogP) is 4.59. The summed E-state index contributed by atoms with van der Waals surface area (Å²) in [5, 5.41) is 0. The zero-order valence-electron chi connectivity index (χ0n) is 22.7. The van der Waals surface area contributed by atoms with Gasteiger partial charge < -0.3 is 14.4 Å². The third kappa shape index (κ3) is 5.21. The Morgan fingerprint density at radius 3 is 2.42 bits per heavy atom. The summed E-state index contributed by atoms with van der Waals surface area (Å²) in [6.45, 7) is 5.48. The lowest BCUT2D eigenvalue weighted by atomic mass is 9.55. The maximum Gasteiger partial charge on any atom is 0.308 e. The van der Waals surface area contributed by atoms with Gasteiger partial charge in [-0.1, -0.05) is 30.3 Å². The zero-order valence-corrected chi connectivity index (χ0v) is 22.7. The molecule has 0 aromatic heterocycles. The van der Waals surface area contributed by atoms with Crippen molar-refractivity contribution in [1.29, 1.82) is 0 Å². The van der Waals surface area contributed by atoms with E-state index in [1.165, 1.54) is 26.7 Å². The average molecular weight is 519 g/mol. The van der Waals surface area contributed by atoms with E-state index in [0.29, 0.717) is 30.7 Å². The first kappa shape index (κ1) is 26.4. The van der Waals surface area contributed by atoms with Gasteiger partial charge in [0.2, 0.25) is 0 Å². The highest BCUT2D eigenvalue weighted by Crippen LogP contribution is 2.55. The number of benzene rings is 2. The summed E-state index contributed by atoms with van der Waals surface area (Å²) in [6.07, 6.45) is 5.38. The van der Waals surface area contributed by atoms with E-state index in [0.717, 1.165) is 37.4 Å². The number of nitrogens with zero attached hydrogens (tertiary/aromatic N) is 2. The van der Waals surface area contributed by atoms with Crippen LogP contribution in [0.2, 0.25) is 0 Å². The summed E-state index contributed by atoms with van der Waals surface area (Å²) in [4.78, 5) is 42.1. The van der Waals surface area contributed by atoms with Crippen LogP contribution in [-0.2, 0) is 19.7 Å². The van der Waals surface area contributed by atoms with Gasteiger partial charge in [0.1, 0.15) is 11.4 Å². The van der Waals surface area contributed by atoms with E-state index in [1.807, 2.05) is 54.4 Å². The van der Waals surface area contributed by atoms with Crippen molar-refractivity contribution in [3.8, 4) is 5.75 Å². The number of likely N-dealkylation sites (tertiary alicyclic amines) is 1. The highest BCUT2D eigenvalue weighted by Gasteiger charge is 2.61. The van der Waals surface area contributed by atoms with Crippen LogP contribution in [-0.4, -0.2) is 66.0 Å². The quantitative estimate of drug-likeness (QED) is 0.394. The third-order valence-electron chi connectivity index (χ3n) is 8.76. The standard InChI is InChI=1S/C31H38N2O5/c1-22(34)37-28-11-7-10-26(18-28)30-16-17-33(20-24-12-13-24)21-31(30,38-23(2)35)15-14-27(19-30)32(3)29(36)25-8-5-4-6-9-25/h4-11,18,24,27H,12-17,19-21H2,1-3H3. The van der Waals surface area contributed by atoms with Crippen molar-refractivity contribution in [2.75, 3.05) is 26.7 Å². The minimum absolute atomic E-state index is 0.00873. The Labute approximate surface area is 225 Å². The molecule has 3 aliphatic rings. The van der Waals surface area contributed by atoms with Crippen LogP contribution in [0.15, 0.2) is 54.6 Å². The highest BCUT2D eigenvalue weighted by atomic mass is 16.6. The molecule has 2 aromatic rings. The van der Waals surface area contributed by atoms with E-state index in [1.54, 1.807) is 6.07 Å². The Bertz CT molecular complexity index is 1200. The van der Waals surface area contributed by atoms with Crippen molar-refractivity contribution in [2.45, 2.75) is 69.4 Å². The summed E-state index contributed by atoms with van der Waals surface area (Å²) in [5.74, 6) is 0.545. The molecule has 2 aliphatic carbocycles. The molecule has 202 valence electrons. The van der Waals surface area contributed by atoms with E-state index in [2.05, 4.69) is 11.0 Å². The fourth-order valence-corrected chi connectivity index (χ4v) is 6.79. The van der Waals surface area contributed by atoms with Crippen molar-refractivity contribution in [3.05, 3.63) is 65.7 Å². The predicted molar refractivity (Wildman–Crippen MR) is 144 cm³/mol. The molecular formula is C31H38N2O5. The van der Waals surface area contributed by atoms with Crippen molar-refractivity contribution < 1.29 is 23.9 Å². The second-order valence-corrected chi connectivity index (χ2v) is 11.4. The monoisotopic (exact) mass is 518 g/mol. The number of esters is 2. The van der Waals surface area contributed by atoms with Gasteiger partial charge in [-0.25, -0.2) is 0 Å². The largest absolute Gasteiger partial charge is 0.457 e. The third-order valence-corrected chi connectivity index (χ3v) is 8.76. The van der Waals surface area contributed by atoms with Crippen LogP contribution in [0.4, 0.5) is 0 Å². The van der Waals surface area contributed by atoms with E-state index in [4.69, 9.17) is 9.47 Å². The minimum atomic E-state index is -0.728. The zero-order chi connectivity index (χ0) is 26.9. The maximum atomic E-state index is 13.4. The van der Waals surface area contributed by atoms with E-state index in [9.17, 15) is 14.4 Å². The normalized spacial score (nSPS) is 27.2. The Kier molecular flexibility index (Phi) is 7.32. The van der Waals surface area contributed by atoms with Gasteiger partial charge in [-0.3, -0.25) is 19.3 Å². The molecule has 1 amide bonds. The first-order valence-electron chi connectivity index (χ1n) is 13.7. The molecule has 7 nitrogen and oxygen atoms in total. The van der Waals surface area contributed by atoms with Crippen LogP contribution in [0.1, 0.15) is 68.3 Å². The maximum absolute atomic E-state index is 13.4. The number of carbonyl (C=O) groups is 3. The molecule has 5 rings (SSSR count). The van der Waals surface area contributed by atoms with Gasteiger partial charge in [-0.15, -0.1) is 0 Å². The molecule has 2 saturated carbocycles. The first-order valence-corrected chi connectivity index (χ1v) is 13.7. The molecule has 3 atom stereocenters. The molecule has 0 spiro atoms.